The summed E-state index contributed by atoms with van der Waals surface area (Å²) >= 11 is 0. The van der Waals surface area contributed by atoms with Gasteiger partial charge >= 0.3 is 0 Å². The maximum absolute atomic E-state index is 13.0. The summed E-state index contributed by atoms with van der Waals surface area (Å²) in [6.07, 6.45) is 0.809. The molecule has 164 valence electrons. The molecule has 4 aromatic rings. The van der Waals surface area contributed by atoms with Gasteiger partial charge in [0, 0.05) is 11.6 Å². The molecule has 1 amide bonds. The van der Waals surface area contributed by atoms with Crippen LogP contribution in [0, 0.1) is 5.82 Å². The maximum atomic E-state index is 13.0. The van der Waals surface area contributed by atoms with Gasteiger partial charge in [-0.2, -0.15) is 0 Å². The van der Waals surface area contributed by atoms with E-state index in [2.05, 4.69) is 20.4 Å². The SMILES string of the molecule is COc1ccc(-c2cc3nc([C@H](C)NC(=O)[C@H](C)Oc4ccc(F)cc4)nn3cn2)cc1. The van der Waals surface area contributed by atoms with E-state index in [0.29, 0.717) is 17.2 Å². The Bertz CT molecular complexity index is 1220. The van der Waals surface area contributed by atoms with Gasteiger partial charge in [-0.15, -0.1) is 5.10 Å². The van der Waals surface area contributed by atoms with Gasteiger partial charge in [0.2, 0.25) is 0 Å². The summed E-state index contributed by atoms with van der Waals surface area (Å²) in [6, 6.07) is 14.4. The van der Waals surface area contributed by atoms with Gasteiger partial charge < -0.3 is 14.8 Å². The molecule has 0 saturated carbocycles. The molecule has 0 radical (unpaired) electrons. The van der Waals surface area contributed by atoms with E-state index in [9.17, 15) is 9.18 Å². The molecule has 32 heavy (non-hydrogen) atoms. The van der Waals surface area contributed by atoms with Gasteiger partial charge in [-0.3, -0.25) is 4.79 Å². The Labute approximate surface area is 184 Å². The number of hydrogen-bond donors (Lipinski definition) is 1. The third-order valence-corrected chi connectivity index (χ3v) is 4.87. The largest absolute Gasteiger partial charge is 0.497 e. The van der Waals surface area contributed by atoms with Crippen LogP contribution in [0.25, 0.3) is 16.9 Å². The number of hydrogen-bond acceptors (Lipinski definition) is 6. The molecule has 9 heteroatoms. The van der Waals surface area contributed by atoms with Crippen molar-refractivity contribution in [2.45, 2.75) is 26.0 Å². The predicted octanol–water partition coefficient (Wildman–Crippen LogP) is 3.58. The number of halogens is 1. The lowest BCUT2D eigenvalue weighted by Gasteiger charge is -2.17. The van der Waals surface area contributed by atoms with E-state index in [1.54, 1.807) is 31.8 Å². The molecule has 8 nitrogen and oxygen atoms in total. The van der Waals surface area contributed by atoms with Crippen LogP contribution in [0.2, 0.25) is 0 Å². The van der Waals surface area contributed by atoms with Gasteiger partial charge in [-0.05, 0) is 62.4 Å². The van der Waals surface area contributed by atoms with Crippen LogP contribution in [0.5, 0.6) is 11.5 Å². The lowest BCUT2D eigenvalue weighted by Crippen LogP contribution is -2.38. The number of nitrogens with one attached hydrogen (secondary N) is 1. The van der Waals surface area contributed by atoms with E-state index in [-0.39, 0.29) is 11.7 Å². The van der Waals surface area contributed by atoms with E-state index in [1.165, 1.54) is 24.3 Å². The van der Waals surface area contributed by atoms with Gasteiger partial charge in [0.15, 0.2) is 17.6 Å². The Hall–Kier alpha value is -4.01. The van der Waals surface area contributed by atoms with Crippen molar-refractivity contribution in [1.82, 2.24) is 24.9 Å². The minimum atomic E-state index is -0.775. The fraction of sp³-hybridized carbons (Fsp3) is 0.217. The molecule has 2 aromatic heterocycles. The van der Waals surface area contributed by atoms with Crippen LogP contribution in [0.15, 0.2) is 60.9 Å². The highest BCUT2D eigenvalue weighted by Gasteiger charge is 2.20. The number of amides is 1. The van der Waals surface area contributed by atoms with Crippen molar-refractivity contribution >= 4 is 11.6 Å². The van der Waals surface area contributed by atoms with E-state index in [0.717, 1.165) is 17.0 Å². The van der Waals surface area contributed by atoms with Gasteiger partial charge in [0.05, 0.1) is 18.8 Å². The molecule has 0 aliphatic carbocycles. The molecular weight excluding hydrogens is 413 g/mol. The first-order chi connectivity index (χ1) is 15.4. The van der Waals surface area contributed by atoms with Crippen molar-refractivity contribution in [2.75, 3.05) is 7.11 Å². The fourth-order valence-electron chi connectivity index (χ4n) is 3.08. The van der Waals surface area contributed by atoms with Crippen LogP contribution in [-0.4, -0.2) is 38.7 Å². The van der Waals surface area contributed by atoms with Crippen molar-refractivity contribution < 1.29 is 18.7 Å². The molecule has 0 saturated heterocycles. The highest BCUT2D eigenvalue weighted by molar-refractivity contribution is 5.81. The first kappa shape index (κ1) is 21.2. The van der Waals surface area contributed by atoms with Crippen LogP contribution in [0.3, 0.4) is 0 Å². The first-order valence-electron chi connectivity index (χ1n) is 10.0. The van der Waals surface area contributed by atoms with Gasteiger partial charge in [-0.25, -0.2) is 18.9 Å². The van der Waals surface area contributed by atoms with Crippen LogP contribution >= 0.6 is 0 Å². The molecule has 0 fully saturated rings. The third kappa shape index (κ3) is 4.66. The lowest BCUT2D eigenvalue weighted by atomic mass is 10.1. The second-order valence-corrected chi connectivity index (χ2v) is 7.22. The molecule has 0 aliphatic rings. The maximum Gasteiger partial charge on any atom is 0.261 e. The number of methoxy groups -OCH3 is 1. The smallest absolute Gasteiger partial charge is 0.261 e. The summed E-state index contributed by atoms with van der Waals surface area (Å²) in [5, 5.41) is 7.24. The second-order valence-electron chi connectivity index (χ2n) is 7.22. The number of carbonyl (C=O) groups is 1. The molecule has 0 bridgehead atoms. The number of nitrogens with zero attached hydrogens (tertiary/aromatic N) is 4. The van der Waals surface area contributed by atoms with Crippen LogP contribution < -0.4 is 14.8 Å². The van der Waals surface area contributed by atoms with Crippen LogP contribution in [0.1, 0.15) is 25.7 Å². The van der Waals surface area contributed by atoms with Crippen LogP contribution in [0.4, 0.5) is 4.39 Å². The number of benzene rings is 2. The number of aromatic nitrogens is 4. The monoisotopic (exact) mass is 435 g/mol. The summed E-state index contributed by atoms with van der Waals surface area (Å²) < 4.78 is 25.3. The second kappa shape index (κ2) is 9.01. The number of rotatable bonds is 7. The van der Waals surface area contributed by atoms with E-state index in [4.69, 9.17) is 9.47 Å². The Morgan fingerprint density at radius 1 is 1.06 bits per heavy atom. The molecule has 2 atom stereocenters. The van der Waals surface area contributed by atoms with Gasteiger partial charge in [0.1, 0.15) is 23.6 Å². The summed E-state index contributed by atoms with van der Waals surface area (Å²) in [5.74, 6) is 0.913. The summed E-state index contributed by atoms with van der Waals surface area (Å²) in [5.41, 5.74) is 2.28. The van der Waals surface area contributed by atoms with Crippen molar-refractivity contribution in [3.05, 3.63) is 72.6 Å². The molecule has 4 rings (SSSR count). The first-order valence-corrected chi connectivity index (χ1v) is 10.0. The number of ether oxygens (including phenoxy) is 2. The fourth-order valence-corrected chi connectivity index (χ4v) is 3.08. The zero-order valence-corrected chi connectivity index (χ0v) is 17.8. The van der Waals surface area contributed by atoms with Crippen molar-refractivity contribution in [3.63, 3.8) is 0 Å². The molecule has 0 unspecified atom stereocenters. The van der Waals surface area contributed by atoms with Crippen molar-refractivity contribution in [1.29, 1.82) is 0 Å². The van der Waals surface area contributed by atoms with Gasteiger partial charge in [0.25, 0.3) is 5.91 Å². The molecule has 2 aromatic carbocycles. The number of fused-ring (bicyclic) bond motifs is 1. The molecule has 2 heterocycles. The highest BCUT2D eigenvalue weighted by Crippen LogP contribution is 2.22. The lowest BCUT2D eigenvalue weighted by molar-refractivity contribution is -0.128. The zero-order valence-electron chi connectivity index (χ0n) is 17.8. The summed E-state index contributed by atoms with van der Waals surface area (Å²) in [7, 11) is 1.62. The Morgan fingerprint density at radius 2 is 1.75 bits per heavy atom. The summed E-state index contributed by atoms with van der Waals surface area (Å²) in [6.45, 7) is 3.41. The van der Waals surface area contributed by atoms with E-state index in [1.807, 2.05) is 30.3 Å². The normalized spacial score (nSPS) is 12.9. The Morgan fingerprint density at radius 3 is 2.44 bits per heavy atom. The Balaban J connectivity index is 1.45. The quantitative estimate of drug-likeness (QED) is 0.477. The highest BCUT2D eigenvalue weighted by atomic mass is 19.1. The minimum Gasteiger partial charge on any atom is -0.497 e. The average molecular weight is 435 g/mol. The number of carbonyl (C=O) groups excluding carboxylic acids is 1. The molecular formula is C23H22FN5O3. The van der Waals surface area contributed by atoms with Crippen LogP contribution in [-0.2, 0) is 4.79 Å². The summed E-state index contributed by atoms with van der Waals surface area (Å²) in [4.78, 5) is 21.5. The minimum absolute atomic E-state index is 0.335. The van der Waals surface area contributed by atoms with Crippen molar-refractivity contribution in [2.24, 2.45) is 0 Å². The standard InChI is InChI=1S/C23H22FN5O3/c1-14(26-23(30)15(2)32-19-10-6-17(24)7-11-19)22-27-21-12-20(25-13-29(21)28-22)16-4-8-18(31-3)9-5-16/h4-15H,1-3H3,(H,26,30)/t14-,15-/m0/s1. The third-order valence-electron chi connectivity index (χ3n) is 4.87. The molecule has 1 N–H and O–H groups in total. The average Bonchev–Trinajstić information content (AvgIpc) is 3.24. The molecule has 0 aliphatic heterocycles. The van der Waals surface area contributed by atoms with E-state index >= 15 is 0 Å². The topological polar surface area (TPSA) is 90.6 Å². The predicted molar refractivity (Wildman–Crippen MR) is 116 cm³/mol. The van der Waals surface area contributed by atoms with Gasteiger partial charge in [-0.1, -0.05) is 0 Å². The molecule has 0 spiro atoms. The zero-order chi connectivity index (χ0) is 22.7. The van der Waals surface area contributed by atoms with Crippen molar-refractivity contribution in [3.8, 4) is 22.8 Å². The van der Waals surface area contributed by atoms with E-state index < -0.39 is 12.1 Å². The Kier molecular flexibility index (Phi) is 5.98.